The number of carbonyl (C=O) groups excluding carboxylic acids is 4. The van der Waals surface area contributed by atoms with Gasteiger partial charge in [0.15, 0.2) is 5.78 Å². The predicted molar refractivity (Wildman–Crippen MR) is 118 cm³/mol. The second kappa shape index (κ2) is 8.66. The molecule has 1 fully saturated rings. The van der Waals surface area contributed by atoms with Crippen LogP contribution in [-0.2, 0) is 16.9 Å². The number of nitrogens with one attached hydrogen (secondary N) is 3. The predicted octanol–water partition coefficient (Wildman–Crippen LogP) is 3.04. The molecular weight excluding hydrogens is 425 g/mol. The van der Waals surface area contributed by atoms with Crippen molar-refractivity contribution in [2.24, 2.45) is 0 Å². The number of ketones is 1. The molecule has 33 heavy (non-hydrogen) atoms. The molecule has 1 aliphatic heterocycles. The van der Waals surface area contributed by atoms with E-state index in [1.54, 1.807) is 55.5 Å². The average molecular weight is 445 g/mol. The van der Waals surface area contributed by atoms with Crippen LogP contribution in [-0.4, -0.2) is 23.6 Å². The van der Waals surface area contributed by atoms with Crippen molar-refractivity contribution in [1.29, 1.82) is 0 Å². The molecule has 1 aliphatic rings. The molecule has 0 radical (unpaired) electrons. The Bertz CT molecular complexity index is 1260. The molecule has 0 bridgehead atoms. The largest absolute Gasteiger partial charge is 0.348 e. The molecule has 4 rings (SSSR count). The lowest BCUT2D eigenvalue weighted by Gasteiger charge is -2.21. The summed E-state index contributed by atoms with van der Waals surface area (Å²) in [6.07, 6.45) is 0. The number of carbonyl (C=O) groups is 4. The molecule has 3 N–H and O–H groups in total. The molecule has 7 nitrogen and oxygen atoms in total. The first-order valence-corrected chi connectivity index (χ1v) is 10.2. The van der Waals surface area contributed by atoms with Crippen molar-refractivity contribution in [1.82, 2.24) is 16.0 Å². The molecule has 4 amide bonds. The summed E-state index contributed by atoms with van der Waals surface area (Å²) >= 11 is 0. The molecule has 3 aromatic carbocycles. The molecule has 3 aromatic rings. The van der Waals surface area contributed by atoms with Gasteiger partial charge in [-0.15, -0.1) is 0 Å². The number of imide groups is 1. The first-order chi connectivity index (χ1) is 15.8. The Morgan fingerprint density at radius 2 is 1.55 bits per heavy atom. The summed E-state index contributed by atoms with van der Waals surface area (Å²) in [4.78, 5) is 49.2. The average Bonchev–Trinajstić information content (AvgIpc) is 3.09. The molecule has 0 aliphatic carbocycles. The minimum Gasteiger partial charge on any atom is -0.348 e. The maximum atomic E-state index is 13.2. The molecule has 0 spiro atoms. The van der Waals surface area contributed by atoms with E-state index in [0.717, 1.165) is 5.56 Å². The van der Waals surface area contributed by atoms with Gasteiger partial charge >= 0.3 is 6.03 Å². The highest BCUT2D eigenvalue weighted by atomic mass is 19.1. The number of urea groups is 1. The van der Waals surface area contributed by atoms with Crippen LogP contribution in [0.2, 0.25) is 0 Å². The van der Waals surface area contributed by atoms with E-state index in [4.69, 9.17) is 0 Å². The van der Waals surface area contributed by atoms with Gasteiger partial charge in [-0.3, -0.25) is 19.7 Å². The number of benzene rings is 3. The standard InChI is InChI=1S/C25H20FN3O4/c1-25(23(32)28-24(33)29-25)17-10-6-15(7-11-17)14-27-22(31)20-5-3-2-4-19(20)21(30)16-8-12-18(26)13-9-16/h2-13H,14H2,1H3,(H,27,31)(H2,28,29,32,33)/t25-/m1/s1. The van der Waals surface area contributed by atoms with Gasteiger partial charge in [-0.25, -0.2) is 9.18 Å². The Kier molecular flexibility index (Phi) is 5.74. The summed E-state index contributed by atoms with van der Waals surface area (Å²) in [7, 11) is 0. The second-order valence-electron chi connectivity index (χ2n) is 7.79. The molecule has 0 saturated carbocycles. The van der Waals surface area contributed by atoms with Gasteiger partial charge in [0.2, 0.25) is 0 Å². The minimum atomic E-state index is -1.15. The highest BCUT2D eigenvalue weighted by Crippen LogP contribution is 2.24. The van der Waals surface area contributed by atoms with Crippen LogP contribution in [0.1, 0.15) is 44.3 Å². The summed E-state index contributed by atoms with van der Waals surface area (Å²) in [5.74, 6) is -1.70. The van der Waals surface area contributed by atoms with Crippen molar-refractivity contribution in [2.45, 2.75) is 19.0 Å². The van der Waals surface area contributed by atoms with Crippen LogP contribution in [0.15, 0.2) is 72.8 Å². The zero-order chi connectivity index (χ0) is 23.6. The monoisotopic (exact) mass is 445 g/mol. The number of rotatable bonds is 6. The number of hydrogen-bond acceptors (Lipinski definition) is 4. The first-order valence-electron chi connectivity index (χ1n) is 10.2. The van der Waals surface area contributed by atoms with Crippen LogP contribution in [0.5, 0.6) is 0 Å². The van der Waals surface area contributed by atoms with Crippen molar-refractivity contribution < 1.29 is 23.6 Å². The van der Waals surface area contributed by atoms with Crippen LogP contribution in [0.3, 0.4) is 0 Å². The van der Waals surface area contributed by atoms with E-state index in [0.29, 0.717) is 5.56 Å². The van der Waals surface area contributed by atoms with E-state index in [1.807, 2.05) is 0 Å². The Balaban J connectivity index is 1.47. The summed E-state index contributed by atoms with van der Waals surface area (Å²) in [6, 6.07) is 17.9. The van der Waals surface area contributed by atoms with Crippen molar-refractivity contribution in [3.8, 4) is 0 Å². The van der Waals surface area contributed by atoms with E-state index >= 15 is 0 Å². The first kappa shape index (κ1) is 21.9. The van der Waals surface area contributed by atoms with Crippen LogP contribution >= 0.6 is 0 Å². The van der Waals surface area contributed by atoms with Gasteiger partial charge in [-0.2, -0.15) is 0 Å². The van der Waals surface area contributed by atoms with Gasteiger partial charge in [-0.05, 0) is 48.4 Å². The van der Waals surface area contributed by atoms with Crippen LogP contribution in [0, 0.1) is 5.82 Å². The molecule has 0 aromatic heterocycles. The zero-order valence-electron chi connectivity index (χ0n) is 17.6. The normalized spacial score (nSPS) is 17.3. The van der Waals surface area contributed by atoms with Gasteiger partial charge in [0.1, 0.15) is 11.4 Å². The lowest BCUT2D eigenvalue weighted by Crippen LogP contribution is -2.40. The molecule has 1 saturated heterocycles. The minimum absolute atomic E-state index is 0.188. The maximum Gasteiger partial charge on any atom is 0.322 e. The summed E-state index contributed by atoms with van der Waals surface area (Å²) in [5, 5.41) is 7.60. The van der Waals surface area contributed by atoms with Crippen molar-refractivity contribution in [2.75, 3.05) is 0 Å². The third kappa shape index (κ3) is 4.36. The Morgan fingerprint density at radius 3 is 2.15 bits per heavy atom. The zero-order valence-corrected chi connectivity index (χ0v) is 17.6. The molecule has 1 heterocycles. The lowest BCUT2D eigenvalue weighted by atomic mass is 9.91. The van der Waals surface area contributed by atoms with Gasteiger partial charge in [0, 0.05) is 17.7 Å². The maximum absolute atomic E-state index is 13.2. The molecule has 1 atom stereocenters. The van der Waals surface area contributed by atoms with Gasteiger partial charge in [0.05, 0.1) is 5.56 Å². The topological polar surface area (TPSA) is 104 Å². The highest BCUT2D eigenvalue weighted by molar-refractivity contribution is 6.15. The van der Waals surface area contributed by atoms with Crippen LogP contribution < -0.4 is 16.0 Å². The van der Waals surface area contributed by atoms with E-state index in [-0.39, 0.29) is 29.0 Å². The Hall–Kier alpha value is -4.33. The Labute approximate surface area is 189 Å². The van der Waals surface area contributed by atoms with E-state index in [2.05, 4.69) is 16.0 Å². The van der Waals surface area contributed by atoms with E-state index < -0.39 is 29.2 Å². The SMILES string of the molecule is C[C@]1(c2ccc(CNC(=O)c3ccccc3C(=O)c3ccc(F)cc3)cc2)NC(=O)NC1=O. The second-order valence-corrected chi connectivity index (χ2v) is 7.79. The lowest BCUT2D eigenvalue weighted by molar-refractivity contribution is -0.123. The summed E-state index contributed by atoms with van der Waals surface area (Å²) < 4.78 is 13.2. The summed E-state index contributed by atoms with van der Waals surface area (Å²) in [5.41, 5.74) is 0.926. The smallest absolute Gasteiger partial charge is 0.322 e. The quantitative estimate of drug-likeness (QED) is 0.401. The number of amides is 4. The van der Waals surface area contributed by atoms with Crippen molar-refractivity contribution >= 4 is 23.6 Å². The highest BCUT2D eigenvalue weighted by Gasteiger charge is 2.43. The fraction of sp³-hybridized carbons (Fsp3) is 0.120. The van der Waals surface area contributed by atoms with E-state index in [1.165, 1.54) is 24.3 Å². The Morgan fingerprint density at radius 1 is 0.909 bits per heavy atom. The van der Waals surface area contributed by atoms with Crippen LogP contribution in [0.4, 0.5) is 9.18 Å². The van der Waals surface area contributed by atoms with Crippen molar-refractivity contribution in [3.63, 3.8) is 0 Å². The fourth-order valence-electron chi connectivity index (χ4n) is 3.62. The molecule has 166 valence electrons. The van der Waals surface area contributed by atoms with Crippen molar-refractivity contribution in [3.05, 3.63) is 106 Å². The fourth-order valence-corrected chi connectivity index (χ4v) is 3.62. The number of halogens is 1. The summed E-state index contributed by atoms with van der Waals surface area (Å²) in [6.45, 7) is 1.80. The van der Waals surface area contributed by atoms with Gasteiger partial charge in [0.25, 0.3) is 11.8 Å². The van der Waals surface area contributed by atoms with Gasteiger partial charge in [-0.1, -0.05) is 42.5 Å². The molecular formula is C25H20FN3O4. The van der Waals surface area contributed by atoms with E-state index in [9.17, 15) is 23.6 Å². The molecule has 0 unspecified atom stereocenters. The third-order valence-corrected chi connectivity index (χ3v) is 5.55. The molecule has 8 heteroatoms. The van der Waals surface area contributed by atoms with Crippen LogP contribution in [0.25, 0.3) is 0 Å². The third-order valence-electron chi connectivity index (χ3n) is 5.55. The number of hydrogen-bond donors (Lipinski definition) is 3. The van der Waals surface area contributed by atoms with Gasteiger partial charge < -0.3 is 10.6 Å².